The molecular weight excluding hydrogens is 118 g/mol. The summed E-state index contributed by atoms with van der Waals surface area (Å²) in [6.07, 6.45) is 0. The molecule has 0 unspecified atom stereocenters. The monoisotopic (exact) mass is 124 g/mol. The van der Waals surface area contributed by atoms with Crippen molar-refractivity contribution in [2.45, 2.75) is 0 Å². The van der Waals surface area contributed by atoms with E-state index >= 15 is 0 Å². The Kier molecular flexibility index (Phi) is 1.43. The molecule has 0 heterocycles. The van der Waals surface area contributed by atoms with Gasteiger partial charge in [-0.15, -0.1) is 0 Å². The lowest BCUT2D eigenvalue weighted by atomic mass is 9.95. The van der Waals surface area contributed by atoms with Crippen molar-refractivity contribution in [2.75, 3.05) is 0 Å². The Hall–Kier alpha value is -0.985. The van der Waals surface area contributed by atoms with Crippen LogP contribution < -0.4 is 5.46 Å². The Morgan fingerprint density at radius 1 is 1.44 bits per heavy atom. The fourth-order valence-electron chi connectivity index (χ4n) is 0.619. The minimum Gasteiger partial charge on any atom is -0.509 e. The molecular formula is C6H6BFO. The lowest BCUT2D eigenvalue weighted by Crippen LogP contribution is -2.02. The highest BCUT2D eigenvalue weighted by Gasteiger charge is 1.94. The van der Waals surface area contributed by atoms with E-state index < -0.39 is 0 Å². The molecule has 0 bridgehead atoms. The summed E-state index contributed by atoms with van der Waals surface area (Å²) >= 11 is 0. The van der Waals surface area contributed by atoms with Crippen molar-refractivity contribution in [3.8, 4) is 5.75 Å². The van der Waals surface area contributed by atoms with Gasteiger partial charge in [0.1, 0.15) is 19.4 Å². The molecule has 1 rings (SSSR count). The van der Waals surface area contributed by atoms with Crippen LogP contribution in [0.2, 0.25) is 0 Å². The molecule has 0 fully saturated rings. The normalized spacial score (nSPS) is 9.44. The van der Waals surface area contributed by atoms with Gasteiger partial charge >= 0.3 is 0 Å². The van der Waals surface area contributed by atoms with E-state index in [9.17, 15) is 4.39 Å². The highest BCUT2D eigenvalue weighted by molar-refractivity contribution is 6.34. The number of aromatic hydroxyl groups is 1. The zero-order valence-electron chi connectivity index (χ0n) is 5.06. The molecule has 46 valence electrons. The summed E-state index contributed by atoms with van der Waals surface area (Å²) in [6.45, 7) is 0. The van der Waals surface area contributed by atoms with Gasteiger partial charge in [0.05, 0.1) is 0 Å². The molecule has 0 spiro atoms. The molecule has 0 aliphatic heterocycles. The predicted octanol–water partition coefficient (Wildman–Crippen LogP) is -0.210. The molecule has 0 saturated heterocycles. The standard InChI is InChI=1S/C6H6BFO/c7-5-3-4(8)1-2-6(5)9/h1-3,9H,7H2. The van der Waals surface area contributed by atoms with Gasteiger partial charge < -0.3 is 5.11 Å². The first kappa shape index (κ1) is 6.14. The molecule has 0 saturated carbocycles. The van der Waals surface area contributed by atoms with E-state index in [1.165, 1.54) is 18.2 Å². The van der Waals surface area contributed by atoms with Gasteiger partial charge in [-0.2, -0.15) is 0 Å². The van der Waals surface area contributed by atoms with E-state index in [0.29, 0.717) is 5.46 Å². The van der Waals surface area contributed by atoms with Crippen LogP contribution in [0.5, 0.6) is 5.75 Å². The van der Waals surface area contributed by atoms with Crippen LogP contribution in [-0.4, -0.2) is 13.0 Å². The fraction of sp³-hybridized carbons (Fsp3) is 0. The van der Waals surface area contributed by atoms with Crippen molar-refractivity contribution in [2.24, 2.45) is 0 Å². The van der Waals surface area contributed by atoms with E-state index in [2.05, 4.69) is 0 Å². The van der Waals surface area contributed by atoms with Gasteiger partial charge in [0, 0.05) is 0 Å². The number of phenols is 1. The molecule has 0 aliphatic carbocycles. The lowest BCUT2D eigenvalue weighted by molar-refractivity contribution is 0.477. The number of benzene rings is 1. The van der Waals surface area contributed by atoms with E-state index in [1.807, 2.05) is 0 Å². The summed E-state index contributed by atoms with van der Waals surface area (Å²) < 4.78 is 12.2. The predicted molar refractivity (Wildman–Crippen MR) is 36.2 cm³/mol. The van der Waals surface area contributed by atoms with E-state index in [-0.39, 0.29) is 11.6 Å². The van der Waals surface area contributed by atoms with Crippen LogP contribution >= 0.6 is 0 Å². The third-order valence-electron chi connectivity index (χ3n) is 1.16. The van der Waals surface area contributed by atoms with Gasteiger partial charge in [-0.25, -0.2) is 4.39 Å². The van der Waals surface area contributed by atoms with Crippen LogP contribution in [0.25, 0.3) is 0 Å². The first-order valence-corrected chi connectivity index (χ1v) is 2.65. The number of phenolic OH excluding ortho intramolecular Hbond substituents is 1. The average molecular weight is 124 g/mol. The molecule has 1 N–H and O–H groups in total. The molecule has 9 heavy (non-hydrogen) atoms. The maximum absolute atomic E-state index is 12.2. The highest BCUT2D eigenvalue weighted by atomic mass is 19.1. The van der Waals surface area contributed by atoms with E-state index in [1.54, 1.807) is 7.85 Å². The van der Waals surface area contributed by atoms with Crippen molar-refractivity contribution in [1.82, 2.24) is 0 Å². The van der Waals surface area contributed by atoms with Crippen molar-refractivity contribution in [1.29, 1.82) is 0 Å². The first-order chi connectivity index (χ1) is 4.20. The summed E-state index contributed by atoms with van der Waals surface area (Å²) in [5.74, 6) is -0.179. The quantitative estimate of drug-likeness (QED) is 0.474. The number of halogens is 1. The third-order valence-corrected chi connectivity index (χ3v) is 1.16. The second-order valence-corrected chi connectivity index (χ2v) is 1.93. The molecule has 1 nitrogen and oxygen atoms in total. The van der Waals surface area contributed by atoms with Gasteiger partial charge in [-0.1, -0.05) is 0 Å². The van der Waals surface area contributed by atoms with Crippen molar-refractivity contribution in [3.63, 3.8) is 0 Å². The Labute approximate surface area is 53.5 Å². The van der Waals surface area contributed by atoms with Crippen molar-refractivity contribution >= 4 is 13.3 Å². The van der Waals surface area contributed by atoms with Crippen molar-refractivity contribution < 1.29 is 9.50 Å². The minimum atomic E-state index is -0.315. The number of rotatable bonds is 0. The molecule has 0 atom stereocenters. The molecule has 0 radical (unpaired) electrons. The SMILES string of the molecule is Bc1cc(F)ccc1O. The van der Waals surface area contributed by atoms with Crippen LogP contribution in [0.1, 0.15) is 0 Å². The Bertz CT molecular complexity index is 224. The largest absolute Gasteiger partial charge is 0.509 e. The van der Waals surface area contributed by atoms with Crippen molar-refractivity contribution in [3.05, 3.63) is 24.0 Å². The highest BCUT2D eigenvalue weighted by Crippen LogP contribution is 2.03. The zero-order valence-corrected chi connectivity index (χ0v) is 5.06. The van der Waals surface area contributed by atoms with Gasteiger partial charge in [0.2, 0.25) is 0 Å². The van der Waals surface area contributed by atoms with E-state index in [0.717, 1.165) is 0 Å². The van der Waals surface area contributed by atoms with Gasteiger partial charge in [0.25, 0.3) is 0 Å². The van der Waals surface area contributed by atoms with Crippen LogP contribution in [0.4, 0.5) is 4.39 Å². The zero-order chi connectivity index (χ0) is 6.85. The maximum Gasteiger partial charge on any atom is 0.144 e. The lowest BCUT2D eigenvalue weighted by Gasteiger charge is -1.95. The molecule has 3 heteroatoms. The number of hydrogen-bond donors (Lipinski definition) is 1. The molecule has 1 aromatic carbocycles. The molecule has 0 amide bonds. The Balaban J connectivity index is 3.17. The Morgan fingerprint density at radius 2 is 2.11 bits per heavy atom. The minimum absolute atomic E-state index is 0.136. The van der Waals surface area contributed by atoms with Gasteiger partial charge in [-0.05, 0) is 23.7 Å². The topological polar surface area (TPSA) is 20.2 Å². The summed E-state index contributed by atoms with van der Waals surface area (Å²) in [4.78, 5) is 0. The smallest absolute Gasteiger partial charge is 0.144 e. The average Bonchev–Trinajstić information content (AvgIpc) is 1.80. The second kappa shape index (κ2) is 2.09. The number of hydrogen-bond acceptors (Lipinski definition) is 1. The molecule has 0 aliphatic rings. The van der Waals surface area contributed by atoms with Crippen LogP contribution in [-0.2, 0) is 0 Å². The molecule has 0 aromatic heterocycles. The first-order valence-electron chi connectivity index (χ1n) is 2.65. The summed E-state index contributed by atoms with van der Waals surface area (Å²) in [5.41, 5.74) is 0.565. The summed E-state index contributed by atoms with van der Waals surface area (Å²) in [6, 6.07) is 3.85. The van der Waals surface area contributed by atoms with Crippen LogP contribution in [0.15, 0.2) is 18.2 Å². The fourth-order valence-corrected chi connectivity index (χ4v) is 0.619. The van der Waals surface area contributed by atoms with E-state index in [4.69, 9.17) is 5.11 Å². The molecule has 1 aromatic rings. The summed E-state index contributed by atoms with van der Waals surface area (Å²) in [5, 5.41) is 8.88. The van der Waals surface area contributed by atoms with Gasteiger partial charge in [-0.3, -0.25) is 0 Å². The second-order valence-electron chi connectivity index (χ2n) is 1.93. The van der Waals surface area contributed by atoms with Crippen LogP contribution in [0, 0.1) is 5.82 Å². The van der Waals surface area contributed by atoms with Gasteiger partial charge in [0.15, 0.2) is 0 Å². The third kappa shape index (κ3) is 1.22. The van der Waals surface area contributed by atoms with Crippen LogP contribution in [0.3, 0.4) is 0 Å². The Morgan fingerprint density at radius 3 is 2.56 bits per heavy atom. The maximum atomic E-state index is 12.2. The summed E-state index contributed by atoms with van der Waals surface area (Å²) in [7, 11) is 1.65.